The quantitative estimate of drug-likeness (QED) is 0.581. The molecule has 0 bridgehead atoms. The number of hydrogen-bond donors (Lipinski definition) is 0. The number of aromatic nitrogens is 1. The van der Waals surface area contributed by atoms with Crippen LogP contribution < -0.4 is 4.90 Å². The van der Waals surface area contributed by atoms with Gasteiger partial charge in [-0.25, -0.2) is 4.98 Å². The van der Waals surface area contributed by atoms with Crippen molar-refractivity contribution in [1.82, 2.24) is 4.98 Å². The molecule has 4 heteroatoms. The molecule has 0 spiro atoms. The van der Waals surface area contributed by atoms with Crippen LogP contribution in [0.4, 0.5) is 11.5 Å². The van der Waals surface area contributed by atoms with Gasteiger partial charge in [-0.3, -0.25) is 0 Å². The lowest BCUT2D eigenvalue weighted by molar-refractivity contribution is 0.907. The van der Waals surface area contributed by atoms with Gasteiger partial charge in [0.15, 0.2) is 0 Å². The lowest BCUT2D eigenvalue weighted by Crippen LogP contribution is -2.21. The van der Waals surface area contributed by atoms with Crippen molar-refractivity contribution in [3.05, 3.63) is 76.9 Å². The summed E-state index contributed by atoms with van der Waals surface area (Å²) < 4.78 is 1.10. The number of para-hydroxylation sites is 1. The van der Waals surface area contributed by atoms with Crippen molar-refractivity contribution < 1.29 is 0 Å². The monoisotopic (exact) mass is 368 g/mol. The van der Waals surface area contributed by atoms with Crippen LogP contribution in [-0.2, 0) is 6.54 Å². The van der Waals surface area contributed by atoms with Crippen LogP contribution in [0.2, 0.25) is 0 Å². The minimum absolute atomic E-state index is 0.814. The average molecular weight is 369 g/mol. The molecular weight excluding hydrogens is 356 g/mol. The molecule has 0 unspecified atom stereocenters. The number of fused-ring (bicyclic) bond motifs is 2. The molecule has 108 valence electrons. The van der Waals surface area contributed by atoms with Gasteiger partial charge in [-0.05, 0) is 42.0 Å². The Kier molecular flexibility index (Phi) is 3.64. The number of rotatable bonds is 2. The first-order valence-corrected chi connectivity index (χ1v) is 8.66. The summed E-state index contributed by atoms with van der Waals surface area (Å²) in [4.78, 5) is 9.39. The molecule has 0 saturated carbocycles. The summed E-state index contributed by atoms with van der Waals surface area (Å²) in [5.74, 6) is 1.04. The number of pyridine rings is 1. The van der Waals surface area contributed by atoms with Gasteiger partial charge in [0, 0.05) is 22.1 Å². The van der Waals surface area contributed by atoms with Crippen molar-refractivity contribution in [3.63, 3.8) is 0 Å². The van der Waals surface area contributed by atoms with Gasteiger partial charge in [-0.15, -0.1) is 0 Å². The van der Waals surface area contributed by atoms with Crippen molar-refractivity contribution in [3.8, 4) is 0 Å². The van der Waals surface area contributed by atoms with Crippen LogP contribution in [-0.4, -0.2) is 4.98 Å². The Morgan fingerprint density at radius 2 is 1.68 bits per heavy atom. The second-order valence-electron chi connectivity index (χ2n) is 5.11. The lowest BCUT2D eigenvalue weighted by atomic mass is 10.2. The smallest absolute Gasteiger partial charge is 0.147 e. The third-order valence-corrected chi connectivity index (χ3v) is 5.27. The minimum atomic E-state index is 0.814. The first-order valence-electron chi connectivity index (χ1n) is 7.05. The van der Waals surface area contributed by atoms with Gasteiger partial charge in [0.1, 0.15) is 5.82 Å². The Morgan fingerprint density at radius 1 is 0.909 bits per heavy atom. The molecule has 1 aliphatic heterocycles. The topological polar surface area (TPSA) is 16.1 Å². The molecule has 1 aliphatic rings. The first-order chi connectivity index (χ1) is 10.8. The van der Waals surface area contributed by atoms with Crippen molar-refractivity contribution >= 4 is 39.2 Å². The van der Waals surface area contributed by atoms with Gasteiger partial charge in [0.05, 0.1) is 10.6 Å². The standard InChI is InChI=1S/C18H13BrN2S/c19-14-9-7-13(8-10-14)12-21-15-4-1-2-5-16(15)22-17-6-3-11-20-18(17)21/h1-11H,12H2. The summed E-state index contributed by atoms with van der Waals surface area (Å²) in [5, 5.41) is 0. The van der Waals surface area contributed by atoms with Crippen molar-refractivity contribution in [2.45, 2.75) is 16.3 Å². The summed E-state index contributed by atoms with van der Waals surface area (Å²) in [6.07, 6.45) is 1.86. The molecular formula is C18H13BrN2S. The Labute approximate surface area is 142 Å². The van der Waals surface area contributed by atoms with Crippen LogP contribution in [0.5, 0.6) is 0 Å². The summed E-state index contributed by atoms with van der Waals surface area (Å²) in [7, 11) is 0. The highest BCUT2D eigenvalue weighted by atomic mass is 79.9. The molecule has 0 amide bonds. The van der Waals surface area contributed by atoms with E-state index in [9.17, 15) is 0 Å². The summed E-state index contributed by atoms with van der Waals surface area (Å²) in [6, 6.07) is 21.1. The minimum Gasteiger partial charge on any atom is -0.320 e. The van der Waals surface area contributed by atoms with E-state index in [2.05, 4.69) is 80.4 Å². The van der Waals surface area contributed by atoms with Crippen LogP contribution in [0.25, 0.3) is 0 Å². The van der Waals surface area contributed by atoms with E-state index in [0.29, 0.717) is 0 Å². The van der Waals surface area contributed by atoms with Gasteiger partial charge >= 0.3 is 0 Å². The largest absolute Gasteiger partial charge is 0.320 e. The maximum absolute atomic E-state index is 4.61. The van der Waals surface area contributed by atoms with E-state index in [1.807, 2.05) is 12.3 Å². The molecule has 0 aliphatic carbocycles. The molecule has 0 radical (unpaired) electrons. The molecule has 2 aromatic carbocycles. The average Bonchev–Trinajstić information content (AvgIpc) is 2.56. The van der Waals surface area contributed by atoms with E-state index in [4.69, 9.17) is 0 Å². The number of hydrogen-bond acceptors (Lipinski definition) is 3. The zero-order chi connectivity index (χ0) is 14.9. The van der Waals surface area contributed by atoms with E-state index < -0.39 is 0 Å². The molecule has 0 atom stereocenters. The number of anilines is 2. The van der Waals surface area contributed by atoms with Gasteiger partial charge in [-0.2, -0.15) is 0 Å². The van der Waals surface area contributed by atoms with E-state index in [0.717, 1.165) is 16.8 Å². The predicted molar refractivity (Wildman–Crippen MR) is 94.8 cm³/mol. The molecule has 2 heterocycles. The summed E-state index contributed by atoms with van der Waals surface area (Å²) >= 11 is 5.28. The molecule has 0 N–H and O–H groups in total. The molecule has 4 rings (SSSR count). The lowest BCUT2D eigenvalue weighted by Gasteiger charge is -2.31. The fraction of sp³-hybridized carbons (Fsp3) is 0.0556. The van der Waals surface area contributed by atoms with Gasteiger partial charge in [0.2, 0.25) is 0 Å². The Balaban J connectivity index is 1.79. The van der Waals surface area contributed by atoms with Crippen molar-refractivity contribution in [2.24, 2.45) is 0 Å². The molecule has 22 heavy (non-hydrogen) atoms. The molecule has 0 saturated heterocycles. The Bertz CT molecular complexity index is 772. The SMILES string of the molecule is Brc1ccc(CN2c3ccccc3Sc3cccnc32)cc1. The van der Waals surface area contributed by atoms with Crippen LogP contribution in [0.1, 0.15) is 5.56 Å². The molecule has 0 fully saturated rings. The third-order valence-electron chi connectivity index (χ3n) is 3.64. The fourth-order valence-corrected chi connectivity index (χ4v) is 3.93. The van der Waals surface area contributed by atoms with Gasteiger partial charge in [-0.1, -0.05) is 52.0 Å². The number of benzene rings is 2. The fourth-order valence-electron chi connectivity index (χ4n) is 2.60. The maximum Gasteiger partial charge on any atom is 0.147 e. The Morgan fingerprint density at radius 3 is 2.55 bits per heavy atom. The summed E-state index contributed by atoms with van der Waals surface area (Å²) in [6.45, 7) is 0.814. The predicted octanol–water partition coefficient (Wildman–Crippen LogP) is 5.65. The van der Waals surface area contributed by atoms with E-state index in [-0.39, 0.29) is 0 Å². The second-order valence-corrected chi connectivity index (χ2v) is 7.11. The molecule has 3 aromatic rings. The van der Waals surface area contributed by atoms with Gasteiger partial charge < -0.3 is 4.90 Å². The molecule has 2 nitrogen and oxygen atoms in total. The third kappa shape index (κ3) is 2.53. The summed E-state index contributed by atoms with van der Waals surface area (Å²) in [5.41, 5.74) is 2.49. The van der Waals surface area contributed by atoms with E-state index in [1.54, 1.807) is 11.8 Å². The second kappa shape index (κ2) is 5.78. The highest BCUT2D eigenvalue weighted by Crippen LogP contribution is 2.47. The zero-order valence-electron chi connectivity index (χ0n) is 11.7. The Hall–Kier alpha value is -1.78. The first kappa shape index (κ1) is 13.9. The van der Waals surface area contributed by atoms with Gasteiger partial charge in [0.25, 0.3) is 0 Å². The van der Waals surface area contributed by atoms with E-state index in [1.165, 1.54) is 21.0 Å². The number of halogens is 1. The van der Waals surface area contributed by atoms with Crippen molar-refractivity contribution in [1.29, 1.82) is 0 Å². The van der Waals surface area contributed by atoms with Crippen LogP contribution >= 0.6 is 27.7 Å². The van der Waals surface area contributed by atoms with E-state index >= 15 is 0 Å². The van der Waals surface area contributed by atoms with Crippen LogP contribution in [0.3, 0.4) is 0 Å². The van der Waals surface area contributed by atoms with Crippen LogP contribution in [0.15, 0.2) is 81.1 Å². The molecule has 1 aromatic heterocycles. The number of nitrogens with zero attached hydrogens (tertiary/aromatic N) is 2. The van der Waals surface area contributed by atoms with Crippen LogP contribution in [0, 0.1) is 0 Å². The normalized spacial score (nSPS) is 12.7. The van der Waals surface area contributed by atoms with Crippen molar-refractivity contribution in [2.75, 3.05) is 4.90 Å². The zero-order valence-corrected chi connectivity index (χ0v) is 14.1. The maximum atomic E-state index is 4.61. The highest BCUT2D eigenvalue weighted by Gasteiger charge is 2.23. The highest BCUT2D eigenvalue weighted by molar-refractivity contribution is 9.10.